The normalized spacial score (nSPS) is 15.2. The largest absolute Gasteiger partial charge is 0.337 e. The molecule has 0 unspecified atom stereocenters. The molecule has 1 amide bonds. The Hall–Kier alpha value is -2.76. The fourth-order valence-electron chi connectivity index (χ4n) is 3.28. The van der Waals surface area contributed by atoms with Crippen LogP contribution >= 0.6 is 0 Å². The van der Waals surface area contributed by atoms with Crippen molar-refractivity contribution in [3.8, 4) is 0 Å². The van der Waals surface area contributed by atoms with Crippen molar-refractivity contribution in [1.29, 1.82) is 0 Å². The molecule has 1 aliphatic heterocycles. The van der Waals surface area contributed by atoms with E-state index in [1.54, 1.807) is 4.90 Å². The summed E-state index contributed by atoms with van der Waals surface area (Å²) < 4.78 is 0. The molecule has 1 fully saturated rings. The zero-order chi connectivity index (χ0) is 18.0. The van der Waals surface area contributed by atoms with E-state index in [4.69, 9.17) is 0 Å². The molecule has 3 rings (SSSR count). The number of hydrogen-bond donors (Lipinski definition) is 1. The number of likely N-dealkylation sites (tertiary alicyclic amines) is 1. The molecule has 1 N–H and O–H groups in total. The standard InChI is InChI=1S/C19H21N3O3/c1-12-3-4-15(13(2)11-12)18(24)14-7-9-22(10-8-14)19(25)16-5-6-17(23)21-20-16/h3-6,11,14H,7-10H2,1-2H3,(H,21,23). The number of benzene rings is 1. The van der Waals surface area contributed by atoms with Gasteiger partial charge in [0.25, 0.3) is 11.5 Å². The SMILES string of the molecule is Cc1ccc(C(=O)C2CCN(C(=O)c3ccc(=O)[nH]n3)CC2)c(C)c1. The number of carbonyl (C=O) groups excluding carboxylic acids is 2. The van der Waals surface area contributed by atoms with Gasteiger partial charge in [0, 0.05) is 30.6 Å². The Morgan fingerprint density at radius 2 is 1.84 bits per heavy atom. The van der Waals surface area contributed by atoms with Gasteiger partial charge in [-0.1, -0.05) is 23.8 Å². The summed E-state index contributed by atoms with van der Waals surface area (Å²) in [6.45, 7) is 5.00. The van der Waals surface area contributed by atoms with Crippen LogP contribution in [0.1, 0.15) is 44.8 Å². The number of carbonyl (C=O) groups is 2. The molecule has 0 bridgehead atoms. The predicted molar refractivity (Wildman–Crippen MR) is 93.7 cm³/mol. The number of nitrogens with zero attached hydrogens (tertiary/aromatic N) is 2. The van der Waals surface area contributed by atoms with Gasteiger partial charge in [-0.05, 0) is 38.3 Å². The summed E-state index contributed by atoms with van der Waals surface area (Å²) in [5.41, 5.74) is 2.80. The number of hydrogen-bond acceptors (Lipinski definition) is 4. The average molecular weight is 339 g/mol. The first-order valence-electron chi connectivity index (χ1n) is 8.42. The Morgan fingerprint density at radius 3 is 2.44 bits per heavy atom. The molecule has 1 aromatic carbocycles. The highest BCUT2D eigenvalue weighted by Crippen LogP contribution is 2.24. The second kappa shape index (κ2) is 7.01. The molecule has 6 nitrogen and oxygen atoms in total. The van der Waals surface area contributed by atoms with Crippen LogP contribution in [0.15, 0.2) is 35.1 Å². The smallest absolute Gasteiger partial charge is 0.274 e. The molecule has 2 heterocycles. The van der Waals surface area contributed by atoms with Crippen LogP contribution in [0.25, 0.3) is 0 Å². The Kier molecular flexibility index (Phi) is 4.79. The second-order valence-corrected chi connectivity index (χ2v) is 6.56. The van der Waals surface area contributed by atoms with Crippen molar-refractivity contribution in [2.75, 3.05) is 13.1 Å². The fourth-order valence-corrected chi connectivity index (χ4v) is 3.28. The van der Waals surface area contributed by atoms with E-state index < -0.39 is 0 Å². The second-order valence-electron chi connectivity index (χ2n) is 6.56. The fraction of sp³-hybridized carbons (Fsp3) is 0.368. The van der Waals surface area contributed by atoms with Crippen LogP contribution in [0.4, 0.5) is 0 Å². The van der Waals surface area contributed by atoms with Crippen molar-refractivity contribution in [2.45, 2.75) is 26.7 Å². The average Bonchev–Trinajstić information content (AvgIpc) is 2.61. The van der Waals surface area contributed by atoms with Crippen LogP contribution in [0.2, 0.25) is 0 Å². The summed E-state index contributed by atoms with van der Waals surface area (Å²) in [7, 11) is 0. The highest BCUT2D eigenvalue weighted by molar-refractivity contribution is 5.99. The number of aromatic nitrogens is 2. The minimum atomic E-state index is -0.339. The molecule has 1 saturated heterocycles. The van der Waals surface area contributed by atoms with Gasteiger partial charge in [-0.15, -0.1) is 0 Å². The number of ketones is 1. The van der Waals surface area contributed by atoms with Crippen LogP contribution < -0.4 is 5.56 Å². The Balaban J connectivity index is 1.65. The lowest BCUT2D eigenvalue weighted by Gasteiger charge is -2.31. The summed E-state index contributed by atoms with van der Waals surface area (Å²) in [5.74, 6) is -0.116. The zero-order valence-electron chi connectivity index (χ0n) is 14.4. The van der Waals surface area contributed by atoms with Crippen molar-refractivity contribution >= 4 is 11.7 Å². The van der Waals surface area contributed by atoms with E-state index in [-0.39, 0.29) is 28.9 Å². The number of Topliss-reactive ketones (excluding diaryl/α,β-unsaturated/α-hetero) is 1. The monoisotopic (exact) mass is 339 g/mol. The zero-order valence-corrected chi connectivity index (χ0v) is 14.4. The Morgan fingerprint density at radius 1 is 1.12 bits per heavy atom. The maximum atomic E-state index is 12.8. The van der Waals surface area contributed by atoms with Crippen molar-refractivity contribution in [3.05, 3.63) is 63.1 Å². The van der Waals surface area contributed by atoms with E-state index in [9.17, 15) is 14.4 Å². The lowest BCUT2D eigenvalue weighted by molar-refractivity contribution is 0.0644. The summed E-state index contributed by atoms with van der Waals surface area (Å²) in [6.07, 6.45) is 1.28. The first kappa shape index (κ1) is 17.1. The molecular formula is C19H21N3O3. The van der Waals surface area contributed by atoms with E-state index in [1.165, 1.54) is 12.1 Å². The Bertz CT molecular complexity index is 844. The van der Waals surface area contributed by atoms with E-state index in [1.807, 2.05) is 32.0 Å². The topological polar surface area (TPSA) is 83.1 Å². The van der Waals surface area contributed by atoms with Gasteiger partial charge in [0.05, 0.1) is 0 Å². The lowest BCUT2D eigenvalue weighted by Crippen LogP contribution is -2.41. The van der Waals surface area contributed by atoms with E-state index in [0.717, 1.165) is 16.7 Å². The maximum absolute atomic E-state index is 12.8. The highest BCUT2D eigenvalue weighted by atomic mass is 16.2. The van der Waals surface area contributed by atoms with Gasteiger partial charge in [-0.3, -0.25) is 14.4 Å². The van der Waals surface area contributed by atoms with Crippen molar-refractivity contribution in [3.63, 3.8) is 0 Å². The molecule has 0 spiro atoms. The van der Waals surface area contributed by atoms with Crippen LogP contribution in [0.5, 0.6) is 0 Å². The van der Waals surface area contributed by atoms with Gasteiger partial charge in [-0.25, -0.2) is 5.10 Å². The first-order valence-corrected chi connectivity index (χ1v) is 8.42. The van der Waals surface area contributed by atoms with Gasteiger partial charge in [-0.2, -0.15) is 5.10 Å². The number of amides is 1. The summed E-state index contributed by atoms with van der Waals surface area (Å²) >= 11 is 0. The van der Waals surface area contributed by atoms with E-state index in [2.05, 4.69) is 10.2 Å². The molecular weight excluding hydrogens is 318 g/mol. The number of rotatable bonds is 3. The Labute approximate surface area is 145 Å². The van der Waals surface area contributed by atoms with Gasteiger partial charge in [0.1, 0.15) is 5.69 Å². The third-order valence-electron chi connectivity index (χ3n) is 4.70. The van der Waals surface area contributed by atoms with Crippen molar-refractivity contribution in [1.82, 2.24) is 15.1 Å². The number of H-pyrrole nitrogens is 1. The molecule has 130 valence electrons. The minimum absolute atomic E-state index is 0.0611. The third kappa shape index (κ3) is 3.68. The van der Waals surface area contributed by atoms with Gasteiger partial charge in [0.15, 0.2) is 5.78 Å². The summed E-state index contributed by atoms with van der Waals surface area (Å²) in [5, 5.41) is 6.05. The summed E-state index contributed by atoms with van der Waals surface area (Å²) in [6, 6.07) is 8.59. The van der Waals surface area contributed by atoms with Crippen LogP contribution in [-0.4, -0.2) is 39.9 Å². The summed E-state index contributed by atoms with van der Waals surface area (Å²) in [4.78, 5) is 37.9. The van der Waals surface area contributed by atoms with Gasteiger partial charge < -0.3 is 4.90 Å². The molecule has 25 heavy (non-hydrogen) atoms. The van der Waals surface area contributed by atoms with Gasteiger partial charge in [0.2, 0.25) is 0 Å². The molecule has 1 aromatic heterocycles. The van der Waals surface area contributed by atoms with Gasteiger partial charge >= 0.3 is 0 Å². The van der Waals surface area contributed by atoms with Crippen molar-refractivity contribution in [2.24, 2.45) is 5.92 Å². The molecule has 0 atom stereocenters. The lowest BCUT2D eigenvalue weighted by atomic mass is 9.87. The quantitative estimate of drug-likeness (QED) is 0.868. The minimum Gasteiger partial charge on any atom is -0.337 e. The molecule has 6 heteroatoms. The molecule has 1 aliphatic rings. The van der Waals surface area contributed by atoms with Crippen molar-refractivity contribution < 1.29 is 9.59 Å². The number of aromatic amines is 1. The van der Waals surface area contributed by atoms with Crippen LogP contribution in [0, 0.1) is 19.8 Å². The molecule has 0 aliphatic carbocycles. The molecule has 0 radical (unpaired) electrons. The number of nitrogens with one attached hydrogen (secondary N) is 1. The van der Waals surface area contributed by atoms with Crippen LogP contribution in [0.3, 0.4) is 0 Å². The van der Waals surface area contributed by atoms with E-state index >= 15 is 0 Å². The molecule has 2 aromatic rings. The number of aryl methyl sites for hydroxylation is 2. The van der Waals surface area contributed by atoms with Crippen LogP contribution in [-0.2, 0) is 0 Å². The predicted octanol–water partition coefficient (Wildman–Crippen LogP) is 2.12. The molecule has 0 saturated carbocycles. The first-order chi connectivity index (χ1) is 12.0. The maximum Gasteiger partial charge on any atom is 0.274 e. The highest BCUT2D eigenvalue weighted by Gasteiger charge is 2.29. The number of piperidine rings is 1. The third-order valence-corrected chi connectivity index (χ3v) is 4.70. The van der Waals surface area contributed by atoms with E-state index in [0.29, 0.717) is 25.9 Å².